The molecule has 0 radical (unpaired) electrons. The van der Waals surface area contributed by atoms with Crippen molar-refractivity contribution in [1.29, 1.82) is 0 Å². The number of nitrogens with zero attached hydrogens (tertiary/aromatic N) is 4. The molecule has 1 aliphatic rings. The predicted octanol–water partition coefficient (Wildman–Crippen LogP) is 2.56. The Hall–Kier alpha value is -2.24. The van der Waals surface area contributed by atoms with Crippen molar-refractivity contribution in [3.63, 3.8) is 0 Å². The first-order valence-corrected chi connectivity index (χ1v) is 7.16. The van der Waals surface area contributed by atoms with Crippen molar-refractivity contribution in [3.05, 3.63) is 29.6 Å². The normalized spacial score (nSPS) is 15.2. The van der Waals surface area contributed by atoms with Crippen molar-refractivity contribution >= 4 is 11.9 Å². The van der Waals surface area contributed by atoms with Gasteiger partial charge in [-0.3, -0.25) is 0 Å². The van der Waals surface area contributed by atoms with E-state index >= 15 is 0 Å². The van der Waals surface area contributed by atoms with Crippen LogP contribution in [0.25, 0.3) is 11.4 Å². The highest BCUT2D eigenvalue weighted by Gasteiger charge is 2.16. The highest BCUT2D eigenvalue weighted by Crippen LogP contribution is 2.22. The maximum atomic E-state index is 13.7. The number of rotatable bonds is 2. The van der Waals surface area contributed by atoms with Gasteiger partial charge in [-0.1, -0.05) is 12.1 Å². The van der Waals surface area contributed by atoms with E-state index in [1.165, 1.54) is 12.5 Å². The summed E-state index contributed by atoms with van der Waals surface area (Å²) in [5.74, 6) is 0.896. The molecule has 1 aliphatic heterocycles. The molecule has 21 heavy (non-hydrogen) atoms. The molecular weight excluding hydrogens is 269 g/mol. The van der Waals surface area contributed by atoms with Gasteiger partial charge in [-0.15, -0.1) is 0 Å². The Labute approximate surface area is 123 Å². The van der Waals surface area contributed by atoms with E-state index in [2.05, 4.69) is 19.9 Å². The molecule has 0 amide bonds. The third kappa shape index (κ3) is 2.94. The smallest absolute Gasteiger partial charge is 0.230 e. The van der Waals surface area contributed by atoms with Gasteiger partial charge in [-0.2, -0.15) is 15.0 Å². The van der Waals surface area contributed by atoms with Crippen molar-refractivity contribution in [2.24, 2.45) is 0 Å². The maximum absolute atomic E-state index is 13.7. The average molecular weight is 287 g/mol. The Balaban J connectivity index is 1.98. The van der Waals surface area contributed by atoms with Crippen LogP contribution in [0.15, 0.2) is 18.2 Å². The van der Waals surface area contributed by atoms with Crippen LogP contribution in [0.2, 0.25) is 0 Å². The fraction of sp³-hybridized carbons (Fsp3) is 0.400. The minimum absolute atomic E-state index is 0.168. The summed E-state index contributed by atoms with van der Waals surface area (Å²) in [6.45, 7) is 3.57. The standard InChI is InChI=1S/C15H18FN5/c1-10-5-6-11(9-12(10)16)13-18-14(17)20-15(19-13)21-7-3-2-4-8-21/h5-6,9H,2-4,7-8H2,1H3,(H2,17,18,19,20). The third-order valence-electron chi connectivity index (χ3n) is 3.71. The zero-order valence-electron chi connectivity index (χ0n) is 12.0. The van der Waals surface area contributed by atoms with Gasteiger partial charge in [0, 0.05) is 18.7 Å². The Bertz CT molecular complexity index is 653. The summed E-state index contributed by atoms with van der Waals surface area (Å²) in [7, 11) is 0. The summed E-state index contributed by atoms with van der Waals surface area (Å²) < 4.78 is 13.7. The lowest BCUT2D eigenvalue weighted by atomic mass is 10.1. The van der Waals surface area contributed by atoms with E-state index < -0.39 is 0 Å². The molecule has 1 fully saturated rings. The van der Waals surface area contributed by atoms with Gasteiger partial charge in [-0.05, 0) is 37.8 Å². The van der Waals surface area contributed by atoms with Crippen molar-refractivity contribution < 1.29 is 4.39 Å². The molecule has 2 N–H and O–H groups in total. The van der Waals surface area contributed by atoms with Crippen LogP contribution in [0.1, 0.15) is 24.8 Å². The van der Waals surface area contributed by atoms with Crippen LogP contribution in [0.5, 0.6) is 0 Å². The number of hydrogen-bond acceptors (Lipinski definition) is 5. The molecule has 0 spiro atoms. The average Bonchev–Trinajstić information content (AvgIpc) is 2.50. The van der Waals surface area contributed by atoms with Gasteiger partial charge in [0.1, 0.15) is 5.82 Å². The number of piperidine rings is 1. The number of anilines is 2. The Morgan fingerprint density at radius 2 is 1.86 bits per heavy atom. The van der Waals surface area contributed by atoms with Crippen LogP contribution in [-0.2, 0) is 0 Å². The van der Waals surface area contributed by atoms with E-state index in [0.717, 1.165) is 25.9 Å². The van der Waals surface area contributed by atoms with Crippen molar-refractivity contribution in [1.82, 2.24) is 15.0 Å². The summed E-state index contributed by atoms with van der Waals surface area (Å²) in [6.07, 6.45) is 3.48. The number of aromatic nitrogens is 3. The molecule has 0 bridgehead atoms. The van der Waals surface area contributed by atoms with Gasteiger partial charge >= 0.3 is 0 Å². The van der Waals surface area contributed by atoms with Gasteiger partial charge < -0.3 is 10.6 Å². The molecule has 1 saturated heterocycles. The van der Waals surface area contributed by atoms with Crippen LogP contribution in [0.4, 0.5) is 16.3 Å². The van der Waals surface area contributed by atoms with E-state index in [9.17, 15) is 4.39 Å². The fourth-order valence-corrected chi connectivity index (χ4v) is 2.48. The van der Waals surface area contributed by atoms with Crippen LogP contribution >= 0.6 is 0 Å². The molecule has 6 heteroatoms. The van der Waals surface area contributed by atoms with Gasteiger partial charge in [0.2, 0.25) is 11.9 Å². The lowest BCUT2D eigenvalue weighted by Crippen LogP contribution is -2.31. The Morgan fingerprint density at radius 3 is 2.57 bits per heavy atom. The molecule has 3 rings (SSSR count). The van der Waals surface area contributed by atoms with Crippen LogP contribution < -0.4 is 10.6 Å². The largest absolute Gasteiger partial charge is 0.368 e. The first kappa shape index (κ1) is 13.7. The van der Waals surface area contributed by atoms with E-state index in [-0.39, 0.29) is 11.8 Å². The molecule has 1 aromatic heterocycles. The van der Waals surface area contributed by atoms with Crippen molar-refractivity contribution in [3.8, 4) is 11.4 Å². The van der Waals surface area contributed by atoms with E-state index in [4.69, 9.17) is 5.73 Å². The second-order valence-electron chi connectivity index (χ2n) is 5.33. The fourth-order valence-electron chi connectivity index (χ4n) is 2.48. The molecule has 2 heterocycles. The van der Waals surface area contributed by atoms with E-state index in [1.54, 1.807) is 19.1 Å². The summed E-state index contributed by atoms with van der Waals surface area (Å²) >= 11 is 0. The molecule has 0 atom stereocenters. The van der Waals surface area contributed by atoms with Crippen molar-refractivity contribution in [2.75, 3.05) is 23.7 Å². The van der Waals surface area contributed by atoms with E-state index in [0.29, 0.717) is 22.9 Å². The third-order valence-corrected chi connectivity index (χ3v) is 3.71. The van der Waals surface area contributed by atoms with E-state index in [1.807, 2.05) is 0 Å². The van der Waals surface area contributed by atoms with Gasteiger partial charge in [0.15, 0.2) is 5.82 Å². The van der Waals surface area contributed by atoms with Crippen LogP contribution in [0.3, 0.4) is 0 Å². The number of benzene rings is 1. The minimum Gasteiger partial charge on any atom is -0.368 e. The summed E-state index contributed by atoms with van der Waals surface area (Å²) in [6, 6.07) is 4.95. The summed E-state index contributed by atoms with van der Waals surface area (Å²) in [4.78, 5) is 14.9. The first-order chi connectivity index (χ1) is 10.1. The molecule has 5 nitrogen and oxygen atoms in total. The maximum Gasteiger partial charge on any atom is 0.230 e. The molecular formula is C15H18FN5. The lowest BCUT2D eigenvalue weighted by Gasteiger charge is -2.26. The van der Waals surface area contributed by atoms with Gasteiger partial charge in [-0.25, -0.2) is 4.39 Å². The predicted molar refractivity (Wildman–Crippen MR) is 80.4 cm³/mol. The zero-order chi connectivity index (χ0) is 14.8. The number of nitrogens with two attached hydrogens (primary N) is 1. The second-order valence-corrected chi connectivity index (χ2v) is 5.33. The monoisotopic (exact) mass is 287 g/mol. The Morgan fingerprint density at radius 1 is 1.10 bits per heavy atom. The van der Waals surface area contributed by atoms with Gasteiger partial charge in [0.25, 0.3) is 0 Å². The second kappa shape index (κ2) is 5.63. The molecule has 0 saturated carbocycles. The Kier molecular flexibility index (Phi) is 3.68. The van der Waals surface area contributed by atoms with Crippen LogP contribution in [-0.4, -0.2) is 28.0 Å². The summed E-state index contributed by atoms with van der Waals surface area (Å²) in [5.41, 5.74) is 7.00. The van der Waals surface area contributed by atoms with Crippen molar-refractivity contribution in [2.45, 2.75) is 26.2 Å². The molecule has 0 aliphatic carbocycles. The molecule has 110 valence electrons. The number of nitrogen functional groups attached to an aromatic ring is 1. The van der Waals surface area contributed by atoms with Crippen LogP contribution in [0, 0.1) is 12.7 Å². The number of halogens is 1. The topological polar surface area (TPSA) is 67.9 Å². The molecule has 0 unspecified atom stereocenters. The molecule has 2 aromatic rings. The highest BCUT2D eigenvalue weighted by molar-refractivity contribution is 5.58. The SMILES string of the molecule is Cc1ccc(-c2nc(N)nc(N3CCCCC3)n2)cc1F. The highest BCUT2D eigenvalue weighted by atomic mass is 19.1. The first-order valence-electron chi connectivity index (χ1n) is 7.16. The zero-order valence-corrected chi connectivity index (χ0v) is 12.0. The minimum atomic E-state index is -0.272. The number of hydrogen-bond donors (Lipinski definition) is 1. The quantitative estimate of drug-likeness (QED) is 0.919. The molecule has 1 aromatic carbocycles. The summed E-state index contributed by atoms with van der Waals surface area (Å²) in [5, 5.41) is 0. The number of aryl methyl sites for hydroxylation is 1. The van der Waals surface area contributed by atoms with Gasteiger partial charge in [0.05, 0.1) is 0 Å². The lowest BCUT2D eigenvalue weighted by molar-refractivity contribution is 0.568.